The quantitative estimate of drug-likeness (QED) is 0.843. The Labute approximate surface area is 140 Å². The van der Waals surface area contributed by atoms with Gasteiger partial charge in [-0.2, -0.15) is 0 Å². The lowest BCUT2D eigenvalue weighted by Crippen LogP contribution is -2.46. The molecule has 0 aromatic heterocycles. The zero-order valence-electron chi connectivity index (χ0n) is 13.5. The molecular weight excluding hydrogens is 296 g/mol. The first-order valence-electron chi connectivity index (χ1n) is 8.24. The number of amides is 1. The van der Waals surface area contributed by atoms with Gasteiger partial charge < -0.3 is 11.1 Å². The molecule has 1 atom stereocenters. The average Bonchev–Trinajstić information content (AvgIpc) is 2.52. The van der Waals surface area contributed by atoms with Crippen LogP contribution in [-0.4, -0.2) is 18.5 Å². The van der Waals surface area contributed by atoms with Gasteiger partial charge in [-0.3, -0.25) is 4.79 Å². The first-order valence-corrected chi connectivity index (χ1v) is 8.24. The molecule has 0 aliphatic heterocycles. The van der Waals surface area contributed by atoms with E-state index in [0.29, 0.717) is 18.9 Å². The van der Waals surface area contributed by atoms with Gasteiger partial charge in [0.25, 0.3) is 0 Å². The number of hydrogen-bond donors (Lipinski definition) is 2. The summed E-state index contributed by atoms with van der Waals surface area (Å²) in [6.07, 6.45) is 7.66. The SMILES string of the molecule is Cc1ccccc1CCC(=O)NC(CN)C1CCCCC1.Cl. The fraction of sp³-hybridized carbons (Fsp3) is 0.611. The number of halogens is 1. The molecule has 0 radical (unpaired) electrons. The van der Waals surface area contributed by atoms with E-state index in [1.165, 1.54) is 43.2 Å². The third-order valence-corrected chi connectivity index (χ3v) is 4.70. The zero-order valence-corrected chi connectivity index (χ0v) is 14.3. The van der Waals surface area contributed by atoms with E-state index in [1.807, 2.05) is 12.1 Å². The van der Waals surface area contributed by atoms with Crippen molar-refractivity contribution >= 4 is 18.3 Å². The van der Waals surface area contributed by atoms with E-state index in [1.54, 1.807) is 0 Å². The van der Waals surface area contributed by atoms with Gasteiger partial charge in [-0.15, -0.1) is 12.4 Å². The molecule has 0 bridgehead atoms. The van der Waals surface area contributed by atoms with E-state index in [-0.39, 0.29) is 24.4 Å². The van der Waals surface area contributed by atoms with Crippen LogP contribution in [0.15, 0.2) is 24.3 Å². The first kappa shape index (κ1) is 19.0. The zero-order chi connectivity index (χ0) is 15.1. The van der Waals surface area contributed by atoms with E-state index < -0.39 is 0 Å². The minimum Gasteiger partial charge on any atom is -0.352 e. The minimum absolute atomic E-state index is 0. The lowest BCUT2D eigenvalue weighted by molar-refractivity contribution is -0.122. The molecule has 1 aromatic carbocycles. The van der Waals surface area contributed by atoms with Crippen LogP contribution in [0.25, 0.3) is 0 Å². The summed E-state index contributed by atoms with van der Waals surface area (Å²) in [6.45, 7) is 2.65. The van der Waals surface area contributed by atoms with Crippen molar-refractivity contribution in [3.05, 3.63) is 35.4 Å². The summed E-state index contributed by atoms with van der Waals surface area (Å²) < 4.78 is 0. The van der Waals surface area contributed by atoms with Crippen LogP contribution in [0, 0.1) is 12.8 Å². The highest BCUT2D eigenvalue weighted by atomic mass is 35.5. The monoisotopic (exact) mass is 324 g/mol. The van der Waals surface area contributed by atoms with Crippen molar-refractivity contribution in [2.75, 3.05) is 6.54 Å². The van der Waals surface area contributed by atoms with Crippen molar-refractivity contribution in [3.8, 4) is 0 Å². The van der Waals surface area contributed by atoms with Gasteiger partial charge in [0.15, 0.2) is 0 Å². The normalized spacial score (nSPS) is 16.6. The number of hydrogen-bond acceptors (Lipinski definition) is 2. The fourth-order valence-corrected chi connectivity index (χ4v) is 3.32. The van der Waals surface area contributed by atoms with Crippen LogP contribution in [0.4, 0.5) is 0 Å². The number of rotatable bonds is 6. The molecule has 22 heavy (non-hydrogen) atoms. The van der Waals surface area contributed by atoms with Crippen LogP contribution in [0.3, 0.4) is 0 Å². The number of benzene rings is 1. The van der Waals surface area contributed by atoms with Crippen LogP contribution in [0.2, 0.25) is 0 Å². The molecule has 0 spiro atoms. The molecule has 1 amide bonds. The Hall–Kier alpha value is -1.06. The molecule has 1 unspecified atom stereocenters. The Kier molecular flexibility index (Phi) is 8.51. The van der Waals surface area contributed by atoms with Gasteiger partial charge in [0.1, 0.15) is 0 Å². The highest BCUT2D eigenvalue weighted by Crippen LogP contribution is 2.26. The van der Waals surface area contributed by atoms with Gasteiger partial charge in [-0.25, -0.2) is 0 Å². The second-order valence-corrected chi connectivity index (χ2v) is 6.23. The Bertz CT molecular complexity index is 458. The van der Waals surface area contributed by atoms with Crippen molar-refractivity contribution in [2.45, 2.75) is 57.9 Å². The van der Waals surface area contributed by atoms with Gasteiger partial charge in [-0.1, -0.05) is 43.5 Å². The number of nitrogens with one attached hydrogen (secondary N) is 1. The van der Waals surface area contributed by atoms with Gasteiger partial charge in [0.2, 0.25) is 5.91 Å². The number of carbonyl (C=O) groups excluding carboxylic acids is 1. The molecule has 0 heterocycles. The van der Waals surface area contributed by atoms with Crippen molar-refractivity contribution in [1.29, 1.82) is 0 Å². The molecule has 3 nitrogen and oxygen atoms in total. The van der Waals surface area contributed by atoms with Crippen LogP contribution in [0.1, 0.15) is 49.7 Å². The van der Waals surface area contributed by atoms with Crippen LogP contribution in [0.5, 0.6) is 0 Å². The average molecular weight is 325 g/mol. The van der Waals surface area contributed by atoms with E-state index in [0.717, 1.165) is 6.42 Å². The van der Waals surface area contributed by atoms with Crippen molar-refractivity contribution in [3.63, 3.8) is 0 Å². The highest BCUT2D eigenvalue weighted by molar-refractivity contribution is 5.85. The molecule has 0 saturated heterocycles. The maximum absolute atomic E-state index is 12.2. The summed E-state index contributed by atoms with van der Waals surface area (Å²) in [4.78, 5) is 12.2. The Morgan fingerprint density at radius 1 is 1.27 bits per heavy atom. The Morgan fingerprint density at radius 2 is 1.95 bits per heavy atom. The summed E-state index contributed by atoms with van der Waals surface area (Å²) >= 11 is 0. The summed E-state index contributed by atoms with van der Waals surface area (Å²) in [5.41, 5.74) is 8.38. The molecule has 1 saturated carbocycles. The van der Waals surface area contributed by atoms with Gasteiger partial charge >= 0.3 is 0 Å². The molecule has 4 heteroatoms. The fourth-order valence-electron chi connectivity index (χ4n) is 3.32. The molecule has 1 aliphatic carbocycles. The topological polar surface area (TPSA) is 55.1 Å². The molecular formula is C18H29ClN2O. The van der Waals surface area contributed by atoms with E-state index in [9.17, 15) is 4.79 Å². The van der Waals surface area contributed by atoms with Gasteiger partial charge in [-0.05, 0) is 43.2 Å². The summed E-state index contributed by atoms with van der Waals surface area (Å²) in [7, 11) is 0. The Balaban J connectivity index is 0.00000242. The first-order chi connectivity index (χ1) is 10.2. The van der Waals surface area contributed by atoms with Gasteiger partial charge in [0, 0.05) is 19.0 Å². The van der Waals surface area contributed by atoms with Crippen molar-refractivity contribution in [1.82, 2.24) is 5.32 Å². The van der Waals surface area contributed by atoms with Crippen molar-refractivity contribution < 1.29 is 4.79 Å². The Morgan fingerprint density at radius 3 is 2.59 bits per heavy atom. The number of aryl methyl sites for hydroxylation is 2. The summed E-state index contributed by atoms with van der Waals surface area (Å²) in [5, 5.41) is 3.16. The van der Waals surface area contributed by atoms with E-state index in [2.05, 4.69) is 24.4 Å². The van der Waals surface area contributed by atoms with Crippen LogP contribution in [-0.2, 0) is 11.2 Å². The second-order valence-electron chi connectivity index (χ2n) is 6.23. The largest absolute Gasteiger partial charge is 0.352 e. The molecule has 3 N–H and O–H groups in total. The standard InChI is InChI=1S/C18H28N2O.ClH/c1-14-7-5-6-8-15(14)11-12-18(21)20-17(13-19)16-9-3-2-4-10-16;/h5-8,16-17H,2-4,9-13,19H2,1H3,(H,20,21);1H. The molecule has 1 fully saturated rings. The minimum atomic E-state index is 0. The van der Waals surface area contributed by atoms with Crippen molar-refractivity contribution in [2.24, 2.45) is 11.7 Å². The number of nitrogens with two attached hydrogens (primary N) is 1. The van der Waals surface area contributed by atoms with Gasteiger partial charge in [0.05, 0.1) is 0 Å². The maximum atomic E-state index is 12.2. The number of carbonyl (C=O) groups is 1. The van der Waals surface area contributed by atoms with Crippen LogP contribution >= 0.6 is 12.4 Å². The second kappa shape index (κ2) is 9.86. The predicted molar refractivity (Wildman–Crippen MR) is 94.3 cm³/mol. The molecule has 2 rings (SSSR count). The lowest BCUT2D eigenvalue weighted by Gasteiger charge is -2.30. The molecule has 1 aliphatic rings. The molecule has 124 valence electrons. The third-order valence-electron chi connectivity index (χ3n) is 4.70. The lowest BCUT2D eigenvalue weighted by atomic mass is 9.84. The molecule has 1 aromatic rings. The predicted octanol–water partition coefficient (Wildman–Crippen LogP) is 3.37. The summed E-state index contributed by atoms with van der Waals surface area (Å²) in [6, 6.07) is 8.43. The summed E-state index contributed by atoms with van der Waals surface area (Å²) in [5.74, 6) is 0.713. The smallest absolute Gasteiger partial charge is 0.220 e. The maximum Gasteiger partial charge on any atom is 0.220 e. The third kappa shape index (κ3) is 5.62. The highest BCUT2D eigenvalue weighted by Gasteiger charge is 2.23. The van der Waals surface area contributed by atoms with Crippen LogP contribution < -0.4 is 11.1 Å². The van der Waals surface area contributed by atoms with E-state index in [4.69, 9.17) is 5.73 Å². The van der Waals surface area contributed by atoms with E-state index >= 15 is 0 Å².